The predicted molar refractivity (Wildman–Crippen MR) is 84.1 cm³/mol. The first-order valence-electron chi connectivity index (χ1n) is 7.86. The lowest BCUT2D eigenvalue weighted by Crippen LogP contribution is -2.24. The maximum atomic E-state index is 12.4. The molecule has 0 spiro atoms. The second-order valence-electron chi connectivity index (χ2n) is 5.72. The summed E-state index contributed by atoms with van der Waals surface area (Å²) in [6.45, 7) is 0.895. The van der Waals surface area contributed by atoms with Crippen LogP contribution in [0, 0.1) is 0 Å². The fourth-order valence-corrected chi connectivity index (χ4v) is 2.87. The number of amides is 1. The van der Waals surface area contributed by atoms with Gasteiger partial charge in [-0.2, -0.15) is 10.1 Å². The van der Waals surface area contributed by atoms with Crippen LogP contribution in [0.4, 0.5) is 0 Å². The van der Waals surface area contributed by atoms with E-state index in [1.165, 1.54) is 0 Å². The van der Waals surface area contributed by atoms with Gasteiger partial charge < -0.3 is 14.6 Å². The number of aryl methyl sites for hydroxylation is 1. The van der Waals surface area contributed by atoms with E-state index in [4.69, 9.17) is 9.26 Å². The van der Waals surface area contributed by atoms with Crippen molar-refractivity contribution in [2.45, 2.75) is 25.5 Å². The highest BCUT2D eigenvalue weighted by molar-refractivity contribution is 6.04. The molecule has 1 saturated heterocycles. The van der Waals surface area contributed by atoms with Gasteiger partial charge in [0.1, 0.15) is 6.10 Å². The number of nitrogens with zero attached hydrogens (tertiary/aromatic N) is 4. The van der Waals surface area contributed by atoms with Crippen molar-refractivity contribution in [3.63, 3.8) is 0 Å². The van der Waals surface area contributed by atoms with E-state index in [2.05, 4.69) is 20.6 Å². The monoisotopic (exact) mass is 327 g/mol. The molecule has 0 bridgehead atoms. The molecular weight excluding hydrogens is 310 g/mol. The van der Waals surface area contributed by atoms with Gasteiger partial charge in [0.05, 0.1) is 12.1 Å². The Morgan fingerprint density at radius 2 is 2.29 bits per heavy atom. The number of hydrogen-bond acceptors (Lipinski definition) is 6. The fourth-order valence-electron chi connectivity index (χ4n) is 2.87. The molecule has 1 atom stereocenters. The molecule has 1 fully saturated rings. The molecule has 2 aromatic heterocycles. The minimum absolute atomic E-state index is 0.123. The molecule has 1 aliphatic rings. The van der Waals surface area contributed by atoms with Crippen LogP contribution in [0.1, 0.15) is 41.1 Å². The summed E-state index contributed by atoms with van der Waals surface area (Å²) in [5.41, 5.74) is 1.29. The van der Waals surface area contributed by atoms with Crippen molar-refractivity contribution in [1.82, 2.24) is 25.2 Å². The number of aromatic nitrogens is 4. The van der Waals surface area contributed by atoms with Gasteiger partial charge in [0.15, 0.2) is 11.5 Å². The summed E-state index contributed by atoms with van der Waals surface area (Å²) in [5.74, 6) is 0.629. The van der Waals surface area contributed by atoms with Crippen molar-refractivity contribution < 1.29 is 14.1 Å². The molecule has 3 heterocycles. The predicted octanol–water partition coefficient (Wildman–Crippen LogP) is 1.74. The lowest BCUT2D eigenvalue weighted by Gasteiger charge is -2.01. The van der Waals surface area contributed by atoms with Crippen molar-refractivity contribution in [3.05, 3.63) is 41.7 Å². The SMILES string of the molecule is Cn1nc(C(=O)NCc2noc(C3CCCO3)n2)c2ccccc21. The minimum atomic E-state index is -0.268. The van der Waals surface area contributed by atoms with E-state index in [0.717, 1.165) is 23.7 Å². The normalized spacial score (nSPS) is 17.5. The number of nitrogens with one attached hydrogen (secondary N) is 1. The highest BCUT2D eigenvalue weighted by atomic mass is 16.5. The average molecular weight is 327 g/mol. The maximum absolute atomic E-state index is 12.4. The highest BCUT2D eigenvalue weighted by Crippen LogP contribution is 2.26. The topological polar surface area (TPSA) is 95.1 Å². The second kappa shape index (κ2) is 6.04. The van der Waals surface area contributed by atoms with E-state index in [9.17, 15) is 4.79 Å². The van der Waals surface area contributed by atoms with Crippen LogP contribution in [0.15, 0.2) is 28.8 Å². The first-order valence-corrected chi connectivity index (χ1v) is 7.86. The van der Waals surface area contributed by atoms with Crippen molar-refractivity contribution in [3.8, 4) is 0 Å². The molecule has 0 radical (unpaired) electrons. The number of hydrogen-bond donors (Lipinski definition) is 1. The van der Waals surface area contributed by atoms with E-state index >= 15 is 0 Å². The van der Waals surface area contributed by atoms with Crippen molar-refractivity contribution in [2.75, 3.05) is 6.61 Å². The smallest absolute Gasteiger partial charge is 0.272 e. The van der Waals surface area contributed by atoms with E-state index in [0.29, 0.717) is 24.0 Å². The number of rotatable bonds is 4. The Morgan fingerprint density at radius 3 is 3.12 bits per heavy atom. The van der Waals surface area contributed by atoms with Gasteiger partial charge in [-0.3, -0.25) is 9.48 Å². The van der Waals surface area contributed by atoms with E-state index in [-0.39, 0.29) is 18.6 Å². The molecule has 0 aliphatic carbocycles. The maximum Gasteiger partial charge on any atom is 0.272 e. The Labute approximate surface area is 137 Å². The van der Waals surface area contributed by atoms with Crippen LogP contribution >= 0.6 is 0 Å². The Morgan fingerprint density at radius 1 is 1.42 bits per heavy atom. The van der Waals surface area contributed by atoms with Crippen molar-refractivity contribution in [2.24, 2.45) is 7.05 Å². The highest BCUT2D eigenvalue weighted by Gasteiger charge is 2.24. The Kier molecular flexibility index (Phi) is 3.73. The van der Waals surface area contributed by atoms with Crippen LogP contribution in [0.2, 0.25) is 0 Å². The van der Waals surface area contributed by atoms with Gasteiger partial charge in [-0.25, -0.2) is 0 Å². The number of ether oxygens (including phenoxy) is 1. The average Bonchev–Trinajstić information content (AvgIpc) is 3.33. The molecule has 124 valence electrons. The molecule has 4 rings (SSSR count). The second-order valence-corrected chi connectivity index (χ2v) is 5.72. The van der Waals surface area contributed by atoms with Crippen molar-refractivity contribution >= 4 is 16.8 Å². The summed E-state index contributed by atoms with van der Waals surface area (Å²) in [6.07, 6.45) is 1.75. The first kappa shape index (κ1) is 14.8. The van der Waals surface area contributed by atoms with Crippen molar-refractivity contribution in [1.29, 1.82) is 0 Å². The van der Waals surface area contributed by atoms with E-state index in [1.54, 1.807) is 4.68 Å². The molecule has 1 aliphatic heterocycles. The zero-order chi connectivity index (χ0) is 16.5. The molecule has 1 amide bonds. The summed E-state index contributed by atoms with van der Waals surface area (Å²) in [5, 5.41) is 11.8. The number of para-hydroxylation sites is 1. The van der Waals surface area contributed by atoms with Crippen LogP contribution in [0.5, 0.6) is 0 Å². The molecule has 8 nitrogen and oxygen atoms in total. The van der Waals surface area contributed by atoms with Gasteiger partial charge in [-0.15, -0.1) is 0 Å². The molecule has 24 heavy (non-hydrogen) atoms. The fraction of sp³-hybridized carbons (Fsp3) is 0.375. The van der Waals surface area contributed by atoms with Crippen LogP contribution in [-0.4, -0.2) is 32.4 Å². The molecule has 8 heteroatoms. The molecule has 0 saturated carbocycles. The summed E-state index contributed by atoms with van der Waals surface area (Å²) in [4.78, 5) is 16.7. The zero-order valence-corrected chi connectivity index (χ0v) is 13.2. The van der Waals surface area contributed by atoms with Gasteiger partial charge in [-0.1, -0.05) is 23.4 Å². The zero-order valence-electron chi connectivity index (χ0n) is 13.2. The van der Waals surface area contributed by atoms with Gasteiger partial charge >= 0.3 is 0 Å². The van der Waals surface area contributed by atoms with Crippen LogP contribution in [-0.2, 0) is 18.3 Å². The largest absolute Gasteiger partial charge is 0.368 e. The molecular formula is C16H17N5O3. The lowest BCUT2D eigenvalue weighted by atomic mass is 10.2. The number of benzene rings is 1. The van der Waals surface area contributed by atoms with E-state index < -0.39 is 0 Å². The number of carbonyl (C=O) groups is 1. The summed E-state index contributed by atoms with van der Waals surface area (Å²) < 4.78 is 12.4. The third-order valence-electron chi connectivity index (χ3n) is 4.07. The Bertz CT molecular complexity index is 879. The molecule has 1 aromatic carbocycles. The lowest BCUT2D eigenvalue weighted by molar-refractivity contribution is 0.0835. The van der Waals surface area contributed by atoms with Crippen LogP contribution in [0.25, 0.3) is 10.9 Å². The van der Waals surface area contributed by atoms with Gasteiger partial charge in [0.25, 0.3) is 11.8 Å². The van der Waals surface area contributed by atoms with E-state index in [1.807, 2.05) is 31.3 Å². The Balaban J connectivity index is 1.46. The summed E-state index contributed by atoms with van der Waals surface area (Å²) in [6, 6.07) is 7.60. The summed E-state index contributed by atoms with van der Waals surface area (Å²) >= 11 is 0. The third-order valence-corrected chi connectivity index (χ3v) is 4.07. The Hall–Kier alpha value is -2.74. The number of carbonyl (C=O) groups excluding carboxylic acids is 1. The standard InChI is InChI=1S/C16H17N5O3/c1-21-11-6-3-2-5-10(11)14(19-21)15(22)17-9-13-18-16(24-20-13)12-7-4-8-23-12/h2-3,5-6,12H,4,7-9H2,1H3,(H,17,22). The minimum Gasteiger partial charge on any atom is -0.368 e. The molecule has 1 unspecified atom stereocenters. The first-order chi connectivity index (χ1) is 11.7. The van der Waals surface area contributed by atoms with Gasteiger partial charge in [0, 0.05) is 19.0 Å². The number of fused-ring (bicyclic) bond motifs is 1. The van der Waals surface area contributed by atoms with Crippen LogP contribution < -0.4 is 5.32 Å². The third kappa shape index (κ3) is 2.65. The van der Waals surface area contributed by atoms with Crippen LogP contribution in [0.3, 0.4) is 0 Å². The summed E-state index contributed by atoms with van der Waals surface area (Å²) in [7, 11) is 1.81. The quantitative estimate of drug-likeness (QED) is 0.784. The molecule has 3 aromatic rings. The molecule has 1 N–H and O–H groups in total. The van der Waals surface area contributed by atoms with Gasteiger partial charge in [0.2, 0.25) is 0 Å². The van der Waals surface area contributed by atoms with Gasteiger partial charge in [-0.05, 0) is 18.9 Å².